The summed E-state index contributed by atoms with van der Waals surface area (Å²) in [6.45, 7) is 1.16. The molecule has 0 radical (unpaired) electrons. The molecule has 2 aromatic rings. The molecular formula is C20H23BrClNO3. The Labute approximate surface area is 170 Å². The van der Waals surface area contributed by atoms with Gasteiger partial charge in [0.1, 0.15) is 11.8 Å². The van der Waals surface area contributed by atoms with E-state index in [4.69, 9.17) is 21.1 Å². The Kier molecular flexibility index (Phi) is 6.72. The first kappa shape index (κ1) is 20.7. The molecule has 1 aliphatic heterocycles. The third-order valence-corrected chi connectivity index (χ3v) is 5.35. The second-order valence-corrected chi connectivity index (χ2v) is 7.09. The molecule has 0 saturated heterocycles. The van der Waals surface area contributed by atoms with Crippen molar-refractivity contribution in [3.8, 4) is 5.75 Å². The van der Waals surface area contributed by atoms with Crippen LogP contribution < -0.4 is 21.7 Å². The summed E-state index contributed by atoms with van der Waals surface area (Å²) in [7, 11) is 5.17. The number of carbonyl (C=O) groups is 1. The molecule has 1 heterocycles. The zero-order valence-electron chi connectivity index (χ0n) is 15.2. The van der Waals surface area contributed by atoms with Crippen molar-refractivity contribution in [2.24, 2.45) is 0 Å². The lowest BCUT2D eigenvalue weighted by atomic mass is 9.86. The molecule has 26 heavy (non-hydrogen) atoms. The Morgan fingerprint density at radius 1 is 1.23 bits per heavy atom. The molecule has 0 N–H and O–H groups in total. The van der Waals surface area contributed by atoms with E-state index >= 15 is 0 Å². The fourth-order valence-electron chi connectivity index (χ4n) is 3.78. The van der Waals surface area contributed by atoms with Gasteiger partial charge in [-0.25, -0.2) is 4.79 Å². The molecule has 0 bridgehead atoms. The van der Waals surface area contributed by atoms with Crippen LogP contribution in [0.15, 0.2) is 42.5 Å². The smallest absolute Gasteiger partial charge is 0.361 e. The van der Waals surface area contributed by atoms with Gasteiger partial charge in [0.15, 0.2) is 6.54 Å². The first-order chi connectivity index (χ1) is 12.0. The predicted octanol–water partition coefficient (Wildman–Crippen LogP) is 0.618. The van der Waals surface area contributed by atoms with Crippen LogP contribution in [0.3, 0.4) is 0 Å². The summed E-state index contributed by atoms with van der Waals surface area (Å²) in [6.07, 6.45) is 0.857. The van der Waals surface area contributed by atoms with Crippen LogP contribution in [0.2, 0.25) is 5.02 Å². The van der Waals surface area contributed by atoms with Crippen LogP contribution in [0.25, 0.3) is 0 Å². The van der Waals surface area contributed by atoms with Crippen molar-refractivity contribution in [1.29, 1.82) is 0 Å². The van der Waals surface area contributed by atoms with Crippen molar-refractivity contribution in [2.45, 2.75) is 12.5 Å². The molecule has 0 spiro atoms. The maximum atomic E-state index is 12.1. The van der Waals surface area contributed by atoms with E-state index in [1.54, 1.807) is 7.11 Å². The van der Waals surface area contributed by atoms with Gasteiger partial charge in [-0.15, -0.1) is 0 Å². The van der Waals surface area contributed by atoms with Crippen molar-refractivity contribution in [2.75, 3.05) is 34.4 Å². The molecule has 0 fully saturated rings. The number of methoxy groups -OCH3 is 2. The standard InChI is InChI=1S/C20H23ClNO3.BrH/c1-22(13-19(23)25-3)10-9-15-11-17(21)18(24-2)12-16(15)20(22)14-7-5-4-6-8-14;/h4-8,11-12,20H,9-10,13H2,1-3H3;1H/q+1;/p-1/t20-,22+;/m1./s1. The Morgan fingerprint density at radius 2 is 1.92 bits per heavy atom. The Hall–Kier alpha value is -1.56. The molecule has 1 aliphatic rings. The number of carbonyl (C=O) groups excluding carboxylic acids is 1. The summed E-state index contributed by atoms with van der Waals surface area (Å²) in [5, 5.41) is 0.622. The Bertz CT molecular complexity index is 784. The number of benzene rings is 2. The topological polar surface area (TPSA) is 35.5 Å². The minimum Gasteiger partial charge on any atom is -1.00 e. The molecule has 140 valence electrons. The van der Waals surface area contributed by atoms with Crippen LogP contribution in [0.5, 0.6) is 5.75 Å². The minimum atomic E-state index is -0.201. The van der Waals surface area contributed by atoms with E-state index in [9.17, 15) is 4.79 Å². The zero-order valence-corrected chi connectivity index (χ0v) is 17.5. The summed E-state index contributed by atoms with van der Waals surface area (Å²) in [4.78, 5) is 12.1. The van der Waals surface area contributed by atoms with Crippen molar-refractivity contribution in [3.05, 3.63) is 64.2 Å². The van der Waals surface area contributed by atoms with Crippen molar-refractivity contribution in [3.63, 3.8) is 0 Å². The van der Waals surface area contributed by atoms with Gasteiger partial charge in [0, 0.05) is 17.5 Å². The van der Waals surface area contributed by atoms with Crippen molar-refractivity contribution >= 4 is 17.6 Å². The van der Waals surface area contributed by atoms with Crippen LogP contribution in [-0.4, -0.2) is 44.8 Å². The van der Waals surface area contributed by atoms with Crippen LogP contribution in [-0.2, 0) is 16.0 Å². The maximum Gasteiger partial charge on any atom is 0.361 e. The number of likely N-dealkylation sites (N-methyl/N-ethyl adjacent to an activating group) is 1. The van der Waals surface area contributed by atoms with Crippen LogP contribution in [0.4, 0.5) is 0 Å². The first-order valence-electron chi connectivity index (χ1n) is 8.31. The third kappa shape index (κ3) is 3.90. The van der Waals surface area contributed by atoms with Crippen LogP contribution >= 0.6 is 11.6 Å². The van der Waals surface area contributed by atoms with Crippen LogP contribution in [0, 0.1) is 0 Å². The van der Waals surface area contributed by atoms with Gasteiger partial charge in [0.2, 0.25) is 0 Å². The summed E-state index contributed by atoms with van der Waals surface area (Å²) in [6, 6.07) is 14.3. The van der Waals surface area contributed by atoms with Gasteiger partial charge in [0.25, 0.3) is 0 Å². The quantitative estimate of drug-likeness (QED) is 0.516. The van der Waals surface area contributed by atoms with E-state index in [-0.39, 0.29) is 29.0 Å². The molecule has 2 atom stereocenters. The van der Waals surface area contributed by atoms with E-state index in [2.05, 4.69) is 19.2 Å². The molecule has 3 rings (SSSR count). The van der Waals surface area contributed by atoms with Gasteiger partial charge >= 0.3 is 5.97 Å². The number of hydrogen-bond acceptors (Lipinski definition) is 3. The summed E-state index contributed by atoms with van der Waals surface area (Å²) in [5.74, 6) is 0.459. The van der Waals surface area contributed by atoms with E-state index in [1.807, 2.05) is 30.3 Å². The monoisotopic (exact) mass is 439 g/mol. The van der Waals surface area contributed by atoms with Gasteiger partial charge in [-0.1, -0.05) is 41.9 Å². The van der Waals surface area contributed by atoms with Crippen LogP contribution in [0.1, 0.15) is 22.7 Å². The second kappa shape index (κ2) is 8.42. The van der Waals surface area contributed by atoms with Crippen molar-refractivity contribution < 1.29 is 35.7 Å². The average Bonchev–Trinajstić information content (AvgIpc) is 2.62. The fraction of sp³-hybridized carbons (Fsp3) is 0.350. The van der Waals surface area contributed by atoms with E-state index in [0.29, 0.717) is 21.8 Å². The number of nitrogens with zero attached hydrogens (tertiary/aromatic N) is 1. The summed E-state index contributed by atoms with van der Waals surface area (Å²) >= 11 is 6.33. The summed E-state index contributed by atoms with van der Waals surface area (Å²) < 4.78 is 11.0. The van der Waals surface area contributed by atoms with E-state index in [0.717, 1.165) is 18.5 Å². The maximum absolute atomic E-state index is 12.1. The van der Waals surface area contributed by atoms with E-state index in [1.165, 1.54) is 18.2 Å². The molecule has 0 amide bonds. The minimum absolute atomic E-state index is 0. The van der Waals surface area contributed by atoms with Gasteiger partial charge in [0.05, 0.1) is 32.8 Å². The normalized spacial score (nSPS) is 21.3. The summed E-state index contributed by atoms with van der Waals surface area (Å²) in [5.41, 5.74) is 3.53. The number of hydrogen-bond donors (Lipinski definition) is 0. The molecular weight excluding hydrogens is 418 g/mol. The molecule has 0 aromatic heterocycles. The highest BCUT2D eigenvalue weighted by molar-refractivity contribution is 6.32. The van der Waals surface area contributed by atoms with Gasteiger partial charge in [-0.2, -0.15) is 0 Å². The largest absolute Gasteiger partial charge is 1.00 e. The van der Waals surface area contributed by atoms with E-state index < -0.39 is 0 Å². The second-order valence-electron chi connectivity index (χ2n) is 6.69. The number of halogens is 2. The molecule has 0 unspecified atom stereocenters. The van der Waals surface area contributed by atoms with Gasteiger partial charge < -0.3 is 30.9 Å². The number of quaternary nitrogens is 1. The number of ether oxygens (including phenoxy) is 2. The highest BCUT2D eigenvalue weighted by Gasteiger charge is 2.42. The lowest BCUT2D eigenvalue weighted by Gasteiger charge is -2.45. The molecule has 2 aromatic carbocycles. The zero-order chi connectivity index (χ0) is 18.0. The first-order valence-corrected chi connectivity index (χ1v) is 8.68. The van der Waals surface area contributed by atoms with Crippen molar-refractivity contribution in [1.82, 2.24) is 0 Å². The predicted molar refractivity (Wildman–Crippen MR) is 97.9 cm³/mol. The van der Waals surface area contributed by atoms with Gasteiger partial charge in [-0.05, 0) is 17.7 Å². The molecule has 4 nitrogen and oxygen atoms in total. The number of fused-ring (bicyclic) bond motifs is 1. The molecule has 6 heteroatoms. The lowest BCUT2D eigenvalue weighted by Crippen LogP contribution is -3.00. The van der Waals surface area contributed by atoms with Gasteiger partial charge in [-0.3, -0.25) is 0 Å². The number of rotatable bonds is 4. The molecule has 0 saturated carbocycles. The third-order valence-electron chi connectivity index (χ3n) is 5.06. The fourth-order valence-corrected chi connectivity index (χ4v) is 4.05. The Balaban J connectivity index is 0.00000243. The highest BCUT2D eigenvalue weighted by atomic mass is 79.9. The SMILES string of the molecule is COC(=O)C[N@+]1(C)CCc2cc(Cl)c(OC)cc2[C@H]1c1ccccc1.[Br-]. The lowest BCUT2D eigenvalue weighted by molar-refractivity contribution is -0.928. The highest BCUT2D eigenvalue weighted by Crippen LogP contribution is 2.43. The number of esters is 1. The average molecular weight is 441 g/mol. The Morgan fingerprint density at radius 3 is 2.54 bits per heavy atom. The molecule has 0 aliphatic carbocycles.